The van der Waals surface area contributed by atoms with E-state index >= 15 is 0 Å². The van der Waals surface area contributed by atoms with Crippen LogP contribution in [-0.2, 0) is 22.5 Å². The van der Waals surface area contributed by atoms with Crippen molar-refractivity contribution in [3.05, 3.63) is 12.2 Å². The second kappa shape index (κ2) is 7.23. The molecule has 1 aromatic heterocycles. The van der Waals surface area contributed by atoms with Gasteiger partial charge in [0.1, 0.15) is 12.2 Å². The molecule has 6 heteroatoms. The number of carbonyl (C=O) groups excluding carboxylic acids is 1. The van der Waals surface area contributed by atoms with Gasteiger partial charge in [-0.15, -0.1) is 0 Å². The van der Waals surface area contributed by atoms with Crippen molar-refractivity contribution in [1.82, 2.24) is 14.8 Å². The van der Waals surface area contributed by atoms with E-state index in [1.165, 1.54) is 6.33 Å². The van der Waals surface area contributed by atoms with E-state index in [9.17, 15) is 4.79 Å². The first kappa shape index (κ1) is 15.6. The lowest BCUT2D eigenvalue weighted by atomic mass is 9.80. The van der Waals surface area contributed by atoms with E-state index in [1.807, 2.05) is 13.8 Å². The van der Waals surface area contributed by atoms with E-state index < -0.39 is 5.41 Å². The number of nitrogens with zero attached hydrogens (tertiary/aromatic N) is 3. The summed E-state index contributed by atoms with van der Waals surface area (Å²) < 4.78 is 6.99. The first-order valence-electron chi connectivity index (χ1n) is 6.87. The summed E-state index contributed by atoms with van der Waals surface area (Å²) in [6, 6.07) is 0. The van der Waals surface area contributed by atoms with Gasteiger partial charge in [0.2, 0.25) is 0 Å². The Balaban J connectivity index is 2.99. The van der Waals surface area contributed by atoms with Crippen LogP contribution in [0.4, 0.5) is 0 Å². The zero-order chi connectivity index (χ0) is 14.3. The molecule has 1 heterocycles. The summed E-state index contributed by atoms with van der Waals surface area (Å²) in [5, 5.41) is 4.13. The van der Waals surface area contributed by atoms with Gasteiger partial charge in [0, 0.05) is 19.5 Å². The van der Waals surface area contributed by atoms with Gasteiger partial charge in [-0.2, -0.15) is 5.10 Å². The molecular formula is C13H24N4O2. The highest BCUT2D eigenvalue weighted by atomic mass is 16.5. The third-order valence-corrected chi connectivity index (χ3v) is 3.32. The van der Waals surface area contributed by atoms with Gasteiger partial charge in [-0.1, -0.05) is 13.3 Å². The molecule has 108 valence electrons. The van der Waals surface area contributed by atoms with Gasteiger partial charge in [-0.3, -0.25) is 9.48 Å². The van der Waals surface area contributed by atoms with E-state index in [0.717, 1.165) is 18.8 Å². The van der Waals surface area contributed by atoms with Crippen LogP contribution in [0.2, 0.25) is 0 Å². The fraction of sp³-hybridized carbons (Fsp3) is 0.769. The molecule has 1 rings (SSSR count). The highest BCUT2D eigenvalue weighted by molar-refractivity contribution is 5.77. The van der Waals surface area contributed by atoms with Crippen LogP contribution in [0.3, 0.4) is 0 Å². The molecule has 2 N–H and O–H groups in total. The largest absolute Gasteiger partial charge is 0.466 e. The lowest BCUT2D eigenvalue weighted by molar-refractivity contribution is -0.155. The molecular weight excluding hydrogens is 244 g/mol. The van der Waals surface area contributed by atoms with Crippen LogP contribution in [0, 0.1) is 5.41 Å². The summed E-state index contributed by atoms with van der Waals surface area (Å²) in [5.41, 5.74) is 5.19. The molecule has 19 heavy (non-hydrogen) atoms. The summed E-state index contributed by atoms with van der Waals surface area (Å²) in [5.74, 6) is 0.555. The monoisotopic (exact) mass is 268 g/mol. The van der Waals surface area contributed by atoms with Gasteiger partial charge < -0.3 is 10.5 Å². The van der Waals surface area contributed by atoms with Crippen molar-refractivity contribution >= 4 is 5.97 Å². The number of rotatable bonds is 8. The molecule has 0 fully saturated rings. The summed E-state index contributed by atoms with van der Waals surface area (Å²) in [6.45, 7) is 7.19. The van der Waals surface area contributed by atoms with E-state index in [-0.39, 0.29) is 12.5 Å². The van der Waals surface area contributed by atoms with Crippen LogP contribution in [0.1, 0.15) is 39.4 Å². The molecule has 1 atom stereocenters. The third-order valence-electron chi connectivity index (χ3n) is 3.32. The zero-order valence-electron chi connectivity index (χ0n) is 12.1. The van der Waals surface area contributed by atoms with Gasteiger partial charge >= 0.3 is 5.97 Å². The van der Waals surface area contributed by atoms with Crippen LogP contribution >= 0.6 is 0 Å². The van der Waals surface area contributed by atoms with E-state index in [0.29, 0.717) is 19.4 Å². The van der Waals surface area contributed by atoms with Gasteiger partial charge in [0.25, 0.3) is 0 Å². The zero-order valence-corrected chi connectivity index (χ0v) is 12.1. The van der Waals surface area contributed by atoms with Crippen LogP contribution < -0.4 is 5.73 Å². The molecule has 1 unspecified atom stereocenters. The quantitative estimate of drug-likeness (QED) is 0.715. The van der Waals surface area contributed by atoms with Crippen LogP contribution in [0.25, 0.3) is 0 Å². The van der Waals surface area contributed by atoms with Gasteiger partial charge in [0.05, 0.1) is 12.0 Å². The van der Waals surface area contributed by atoms with Gasteiger partial charge in [0.15, 0.2) is 0 Å². The van der Waals surface area contributed by atoms with E-state index in [4.69, 9.17) is 10.5 Å². The standard InChI is InChI=1S/C13H24N4O2/c1-4-7-13(9-14,12(18)19-6-3)8-11-15-10-16-17(11)5-2/h10H,4-9,14H2,1-3H3. The number of ether oxygens (including phenoxy) is 1. The van der Waals surface area contributed by atoms with Crippen LogP contribution in [-0.4, -0.2) is 33.9 Å². The van der Waals surface area contributed by atoms with E-state index in [1.54, 1.807) is 11.6 Å². The smallest absolute Gasteiger partial charge is 0.313 e. The molecule has 6 nitrogen and oxygen atoms in total. The second-order valence-electron chi connectivity index (χ2n) is 4.62. The van der Waals surface area contributed by atoms with Crippen molar-refractivity contribution in [2.24, 2.45) is 11.1 Å². The molecule has 0 amide bonds. The maximum absolute atomic E-state index is 12.3. The van der Waals surface area contributed by atoms with Crippen molar-refractivity contribution < 1.29 is 9.53 Å². The van der Waals surface area contributed by atoms with Crippen molar-refractivity contribution in [1.29, 1.82) is 0 Å². The molecule has 0 bridgehead atoms. The number of aromatic nitrogens is 3. The highest BCUT2D eigenvalue weighted by Gasteiger charge is 2.39. The summed E-state index contributed by atoms with van der Waals surface area (Å²) in [7, 11) is 0. The normalized spacial score (nSPS) is 14.1. The Kier molecular flexibility index (Phi) is 5.95. The number of hydrogen-bond acceptors (Lipinski definition) is 5. The number of nitrogens with two attached hydrogens (primary N) is 1. The summed E-state index contributed by atoms with van der Waals surface area (Å²) in [6.07, 6.45) is 3.55. The third kappa shape index (κ3) is 3.53. The van der Waals surface area contributed by atoms with Crippen molar-refractivity contribution in [2.45, 2.75) is 46.6 Å². The minimum absolute atomic E-state index is 0.231. The fourth-order valence-corrected chi connectivity index (χ4v) is 2.27. The van der Waals surface area contributed by atoms with Crippen molar-refractivity contribution in [2.75, 3.05) is 13.2 Å². The Bertz CT molecular complexity index is 405. The molecule has 0 aliphatic carbocycles. The maximum atomic E-state index is 12.3. The van der Waals surface area contributed by atoms with Crippen molar-refractivity contribution in [3.63, 3.8) is 0 Å². The first-order chi connectivity index (χ1) is 9.13. The first-order valence-corrected chi connectivity index (χ1v) is 6.87. The molecule has 0 saturated carbocycles. The predicted molar refractivity (Wildman–Crippen MR) is 72.4 cm³/mol. The Morgan fingerprint density at radius 1 is 1.47 bits per heavy atom. The van der Waals surface area contributed by atoms with Crippen LogP contribution in [0.5, 0.6) is 0 Å². The van der Waals surface area contributed by atoms with Crippen LogP contribution in [0.15, 0.2) is 6.33 Å². The maximum Gasteiger partial charge on any atom is 0.313 e. The molecule has 0 radical (unpaired) electrons. The average Bonchev–Trinajstić information content (AvgIpc) is 2.85. The Labute approximate surface area is 114 Å². The van der Waals surface area contributed by atoms with Gasteiger partial charge in [-0.05, 0) is 20.3 Å². The molecule has 0 aromatic carbocycles. The SMILES string of the molecule is CCCC(CN)(Cc1ncnn1CC)C(=O)OCC. The lowest BCUT2D eigenvalue weighted by Crippen LogP contribution is -2.42. The molecule has 0 saturated heterocycles. The Morgan fingerprint density at radius 2 is 2.21 bits per heavy atom. The van der Waals surface area contributed by atoms with Crippen molar-refractivity contribution in [3.8, 4) is 0 Å². The molecule has 0 aliphatic heterocycles. The predicted octanol–water partition coefficient (Wildman–Crippen LogP) is 1.15. The second-order valence-corrected chi connectivity index (χ2v) is 4.62. The summed E-state index contributed by atoms with van der Waals surface area (Å²) in [4.78, 5) is 16.5. The fourth-order valence-electron chi connectivity index (χ4n) is 2.27. The average molecular weight is 268 g/mol. The highest BCUT2D eigenvalue weighted by Crippen LogP contribution is 2.29. The number of hydrogen-bond donors (Lipinski definition) is 1. The minimum Gasteiger partial charge on any atom is -0.466 e. The van der Waals surface area contributed by atoms with E-state index in [2.05, 4.69) is 10.1 Å². The summed E-state index contributed by atoms with van der Waals surface area (Å²) >= 11 is 0. The number of carbonyl (C=O) groups is 1. The Hall–Kier alpha value is -1.43. The molecule has 0 spiro atoms. The number of aryl methyl sites for hydroxylation is 1. The molecule has 1 aromatic rings. The lowest BCUT2D eigenvalue weighted by Gasteiger charge is -2.29. The number of esters is 1. The minimum atomic E-state index is -0.690. The molecule has 0 aliphatic rings. The van der Waals surface area contributed by atoms with Gasteiger partial charge in [-0.25, -0.2) is 4.98 Å². The topological polar surface area (TPSA) is 83.0 Å². The Morgan fingerprint density at radius 3 is 2.74 bits per heavy atom.